The fourth-order valence-electron chi connectivity index (χ4n) is 3.62. The molecule has 0 aliphatic carbocycles. The third-order valence-corrected chi connectivity index (χ3v) is 5.76. The van der Waals surface area contributed by atoms with Gasteiger partial charge in [0.1, 0.15) is 0 Å². The predicted molar refractivity (Wildman–Crippen MR) is 134 cm³/mol. The van der Waals surface area contributed by atoms with Crippen LogP contribution in [0.5, 0.6) is 0 Å². The minimum absolute atomic E-state index is 0.291. The number of anilines is 1. The molecule has 1 aromatic carbocycles. The lowest BCUT2D eigenvalue weighted by molar-refractivity contribution is 0.0600. The highest BCUT2D eigenvalue weighted by Crippen LogP contribution is 2.31. The van der Waals surface area contributed by atoms with E-state index in [1.54, 1.807) is 6.07 Å². The van der Waals surface area contributed by atoms with E-state index in [4.69, 9.17) is 22.1 Å². The van der Waals surface area contributed by atoms with Crippen molar-refractivity contribution in [2.75, 3.05) is 12.8 Å². The smallest absolute Gasteiger partial charge is 0.339 e. The monoisotopic (exact) mass is 447 g/mol. The van der Waals surface area contributed by atoms with Gasteiger partial charge in [-0.1, -0.05) is 96.6 Å². The highest BCUT2D eigenvalue weighted by molar-refractivity contribution is 6.35. The van der Waals surface area contributed by atoms with Crippen LogP contribution in [0.25, 0.3) is 0 Å². The first-order valence-corrected chi connectivity index (χ1v) is 12.1. The number of ether oxygens (including phenoxy) is 1. The van der Waals surface area contributed by atoms with Crippen molar-refractivity contribution in [1.82, 2.24) is 0 Å². The van der Waals surface area contributed by atoms with Crippen molar-refractivity contribution in [3.05, 3.63) is 27.8 Å². The molecule has 1 aromatic rings. The summed E-state index contributed by atoms with van der Waals surface area (Å²) in [5.41, 5.74) is 9.18. The number of hydrogen-bond acceptors (Lipinski definition) is 3. The minimum atomic E-state index is -0.458. The first kappa shape index (κ1) is 27.4. The molecule has 2 N–H and O–H groups in total. The van der Waals surface area contributed by atoms with Crippen LogP contribution in [0.4, 0.5) is 5.69 Å². The molecule has 0 radical (unpaired) electrons. The molecular weight excluding hydrogens is 406 g/mol. The average molecular weight is 448 g/mol. The van der Waals surface area contributed by atoms with Crippen LogP contribution in [-0.4, -0.2) is 13.1 Å². The Kier molecular flexibility index (Phi) is 12.1. The number of hydrogen-bond donors (Lipinski definition) is 1. The van der Waals surface area contributed by atoms with Gasteiger partial charge in [-0.3, -0.25) is 0 Å². The molecule has 0 heterocycles. The highest BCUT2D eigenvalue weighted by Gasteiger charge is 2.19. The number of methoxy groups -OCH3 is 1. The Morgan fingerprint density at radius 1 is 1.10 bits per heavy atom. The Morgan fingerprint density at radius 3 is 2.23 bits per heavy atom. The summed E-state index contributed by atoms with van der Waals surface area (Å²) in [5, 5.41) is 0.291. The van der Waals surface area contributed by atoms with E-state index in [1.165, 1.54) is 52.1 Å². The van der Waals surface area contributed by atoms with Gasteiger partial charge in [-0.25, -0.2) is 4.79 Å². The number of nitrogen functional groups attached to an aromatic ring is 1. The quantitative estimate of drug-likeness (QED) is 0.163. The van der Waals surface area contributed by atoms with Gasteiger partial charge in [-0.2, -0.15) is 0 Å². The third kappa shape index (κ3) is 10.5. The van der Waals surface area contributed by atoms with E-state index in [0.717, 1.165) is 24.8 Å². The number of benzene rings is 1. The number of esters is 1. The van der Waals surface area contributed by atoms with E-state index in [1.807, 2.05) is 0 Å². The summed E-state index contributed by atoms with van der Waals surface area (Å²) in [7, 11) is 1.35. The van der Waals surface area contributed by atoms with Crippen molar-refractivity contribution in [3.8, 4) is 11.8 Å². The van der Waals surface area contributed by atoms with Gasteiger partial charge in [0.2, 0.25) is 0 Å². The Labute approximate surface area is 195 Å². The summed E-state index contributed by atoms with van der Waals surface area (Å²) in [6, 6.07) is 1.75. The lowest BCUT2D eigenvalue weighted by Gasteiger charge is -2.17. The van der Waals surface area contributed by atoms with Gasteiger partial charge in [0.05, 0.1) is 28.9 Å². The summed E-state index contributed by atoms with van der Waals surface area (Å²) in [5.74, 6) is 6.29. The molecule has 0 fully saturated rings. The van der Waals surface area contributed by atoms with Gasteiger partial charge in [-0.15, -0.1) is 0 Å². The van der Waals surface area contributed by atoms with E-state index >= 15 is 0 Å². The van der Waals surface area contributed by atoms with Crippen LogP contribution in [0.3, 0.4) is 0 Å². The van der Waals surface area contributed by atoms with Crippen molar-refractivity contribution >= 4 is 23.3 Å². The van der Waals surface area contributed by atoms with Crippen molar-refractivity contribution in [1.29, 1.82) is 0 Å². The lowest BCUT2D eigenvalue weighted by atomic mass is 9.89. The number of rotatable bonds is 11. The maximum atomic E-state index is 12.1. The SMILES string of the molecule is COC(=O)c1cc(CC(C)C)c(N)c(C#CCCCCCCCCCC(C)(C)C)c1Cl. The fourth-order valence-corrected chi connectivity index (χ4v) is 3.90. The molecule has 0 bridgehead atoms. The Bertz CT molecular complexity index is 766. The largest absolute Gasteiger partial charge is 0.465 e. The maximum Gasteiger partial charge on any atom is 0.339 e. The third-order valence-electron chi connectivity index (χ3n) is 5.37. The van der Waals surface area contributed by atoms with Gasteiger partial charge < -0.3 is 10.5 Å². The van der Waals surface area contributed by atoms with Crippen LogP contribution < -0.4 is 5.73 Å². The van der Waals surface area contributed by atoms with Gasteiger partial charge in [0, 0.05) is 6.42 Å². The molecule has 0 saturated heterocycles. The van der Waals surface area contributed by atoms with Crippen molar-refractivity contribution in [2.45, 2.75) is 98.8 Å². The Morgan fingerprint density at radius 2 is 1.68 bits per heavy atom. The lowest BCUT2D eigenvalue weighted by Crippen LogP contribution is -2.09. The van der Waals surface area contributed by atoms with Crippen LogP contribution in [-0.2, 0) is 11.2 Å². The van der Waals surface area contributed by atoms with E-state index < -0.39 is 5.97 Å². The summed E-state index contributed by atoms with van der Waals surface area (Å²) in [6.45, 7) is 11.2. The molecule has 4 heteroatoms. The van der Waals surface area contributed by atoms with Crippen LogP contribution in [0.15, 0.2) is 6.07 Å². The Hall–Kier alpha value is -1.66. The second-order valence-electron chi connectivity index (χ2n) is 10.1. The number of halogens is 1. The summed E-state index contributed by atoms with van der Waals surface area (Å²) >= 11 is 6.46. The van der Waals surface area contributed by atoms with Crippen LogP contribution >= 0.6 is 11.6 Å². The predicted octanol–water partition coefficient (Wildman–Crippen LogP) is 7.82. The standard InChI is InChI=1S/C27H42ClNO2/c1-20(2)18-21-19-23(26(30)31-6)24(28)22(25(21)29)16-14-12-10-8-7-9-11-13-15-17-27(3,4)5/h19-20H,7-13,15,17-18,29H2,1-6H3. The molecule has 0 atom stereocenters. The van der Waals surface area contributed by atoms with Gasteiger partial charge >= 0.3 is 5.97 Å². The molecule has 0 unspecified atom stereocenters. The molecule has 1 rings (SSSR count). The molecule has 3 nitrogen and oxygen atoms in total. The molecule has 31 heavy (non-hydrogen) atoms. The molecule has 174 valence electrons. The second kappa shape index (κ2) is 13.7. The molecule has 0 aliphatic rings. The fraction of sp³-hybridized carbons (Fsp3) is 0.667. The van der Waals surface area contributed by atoms with Crippen molar-refractivity contribution in [2.24, 2.45) is 11.3 Å². The molecule has 0 amide bonds. The number of nitrogens with two attached hydrogens (primary N) is 1. The van der Waals surface area contributed by atoms with E-state index in [-0.39, 0.29) is 0 Å². The highest BCUT2D eigenvalue weighted by atomic mass is 35.5. The molecule has 0 aliphatic heterocycles. The summed E-state index contributed by atoms with van der Waals surface area (Å²) in [4.78, 5) is 12.1. The number of unbranched alkanes of at least 4 members (excludes halogenated alkanes) is 7. The second-order valence-corrected chi connectivity index (χ2v) is 10.5. The maximum absolute atomic E-state index is 12.1. The van der Waals surface area contributed by atoms with Crippen LogP contribution in [0.2, 0.25) is 5.02 Å². The van der Waals surface area contributed by atoms with E-state index in [9.17, 15) is 4.79 Å². The zero-order valence-corrected chi connectivity index (χ0v) is 21.3. The van der Waals surface area contributed by atoms with E-state index in [0.29, 0.717) is 33.2 Å². The van der Waals surface area contributed by atoms with Crippen molar-refractivity contribution < 1.29 is 9.53 Å². The number of carbonyl (C=O) groups excluding carboxylic acids is 1. The first-order chi connectivity index (χ1) is 14.6. The summed E-state index contributed by atoms with van der Waals surface area (Å²) < 4.78 is 4.88. The zero-order valence-electron chi connectivity index (χ0n) is 20.5. The van der Waals surface area contributed by atoms with Crippen LogP contribution in [0.1, 0.15) is 114 Å². The minimum Gasteiger partial charge on any atom is -0.465 e. The van der Waals surface area contributed by atoms with Crippen LogP contribution in [0, 0.1) is 23.2 Å². The summed E-state index contributed by atoms with van der Waals surface area (Å²) in [6.07, 6.45) is 11.7. The Balaban J connectivity index is 2.58. The number of carbonyl (C=O) groups is 1. The van der Waals surface area contributed by atoms with Crippen molar-refractivity contribution in [3.63, 3.8) is 0 Å². The normalized spacial score (nSPS) is 11.4. The molecule has 0 aromatic heterocycles. The van der Waals surface area contributed by atoms with Gasteiger partial charge in [-0.05, 0) is 42.2 Å². The molecule has 0 spiro atoms. The molecular formula is C27H42ClNO2. The zero-order chi connectivity index (χ0) is 23.4. The van der Waals surface area contributed by atoms with Gasteiger partial charge in [0.15, 0.2) is 0 Å². The van der Waals surface area contributed by atoms with E-state index in [2.05, 4.69) is 46.5 Å². The topological polar surface area (TPSA) is 52.3 Å². The average Bonchev–Trinajstić information content (AvgIpc) is 2.68. The molecule has 0 saturated carbocycles. The van der Waals surface area contributed by atoms with Gasteiger partial charge in [0.25, 0.3) is 0 Å². The first-order valence-electron chi connectivity index (χ1n) is 11.7.